The van der Waals surface area contributed by atoms with Crippen LogP contribution in [0.4, 0.5) is 4.79 Å². The molecule has 21 heavy (non-hydrogen) atoms. The van der Waals surface area contributed by atoms with Gasteiger partial charge in [0.25, 0.3) is 0 Å². The summed E-state index contributed by atoms with van der Waals surface area (Å²) in [6, 6.07) is 0. The van der Waals surface area contributed by atoms with Crippen LogP contribution in [-0.2, 0) is 14.3 Å². The van der Waals surface area contributed by atoms with Gasteiger partial charge in [0.1, 0.15) is 11.1 Å². The maximum atomic E-state index is 12.6. The molecule has 122 valence electrons. The van der Waals surface area contributed by atoms with Gasteiger partial charge in [0.05, 0.1) is 6.61 Å². The van der Waals surface area contributed by atoms with Crippen molar-refractivity contribution < 1.29 is 19.1 Å². The summed E-state index contributed by atoms with van der Waals surface area (Å²) in [5.41, 5.74) is -1.96. The molecule has 0 unspecified atom stereocenters. The molecule has 0 aromatic carbocycles. The van der Waals surface area contributed by atoms with Gasteiger partial charge in [-0.05, 0) is 46.0 Å². The van der Waals surface area contributed by atoms with Crippen molar-refractivity contribution in [1.29, 1.82) is 0 Å². The second kappa shape index (κ2) is 5.85. The zero-order valence-electron chi connectivity index (χ0n) is 14.4. The first-order valence-corrected chi connectivity index (χ1v) is 7.63. The van der Waals surface area contributed by atoms with Crippen LogP contribution >= 0.6 is 0 Å². The van der Waals surface area contributed by atoms with E-state index in [1.165, 1.54) is 0 Å². The molecular weight excluding hydrogens is 270 g/mol. The third kappa shape index (κ3) is 3.50. The molecule has 1 aliphatic rings. The SMILES string of the molecule is CCOC(=O)[C@@]1(C(C)(C)C)CCCN1C(=O)OC(C)(C)C. The average molecular weight is 299 g/mol. The highest BCUT2D eigenvalue weighted by Crippen LogP contribution is 2.45. The molecule has 0 spiro atoms. The summed E-state index contributed by atoms with van der Waals surface area (Å²) in [6.45, 7) is 14.0. The van der Waals surface area contributed by atoms with Gasteiger partial charge in [-0.15, -0.1) is 0 Å². The number of carbonyl (C=O) groups excluding carboxylic acids is 2. The maximum Gasteiger partial charge on any atom is 0.411 e. The second-order valence-corrected chi connectivity index (χ2v) is 7.57. The van der Waals surface area contributed by atoms with Crippen LogP contribution in [0.2, 0.25) is 0 Å². The highest BCUT2D eigenvalue weighted by atomic mass is 16.6. The molecule has 0 aliphatic carbocycles. The van der Waals surface area contributed by atoms with Gasteiger partial charge in [-0.1, -0.05) is 20.8 Å². The Kier molecular flexibility index (Phi) is 4.96. The lowest BCUT2D eigenvalue weighted by atomic mass is 9.71. The van der Waals surface area contributed by atoms with Gasteiger partial charge in [0, 0.05) is 6.54 Å². The monoisotopic (exact) mass is 299 g/mol. The van der Waals surface area contributed by atoms with Crippen molar-refractivity contribution in [1.82, 2.24) is 4.90 Å². The Balaban J connectivity index is 3.17. The molecule has 1 amide bonds. The predicted molar refractivity (Wildman–Crippen MR) is 81.0 cm³/mol. The molecule has 1 saturated heterocycles. The summed E-state index contributed by atoms with van der Waals surface area (Å²) in [4.78, 5) is 26.7. The van der Waals surface area contributed by atoms with Crippen LogP contribution in [0.3, 0.4) is 0 Å². The highest BCUT2D eigenvalue weighted by Gasteiger charge is 2.59. The summed E-state index contributed by atoms with van der Waals surface area (Å²) in [6.07, 6.45) is 0.937. The van der Waals surface area contributed by atoms with Crippen molar-refractivity contribution in [2.45, 2.75) is 72.4 Å². The normalized spacial score (nSPS) is 23.1. The quantitative estimate of drug-likeness (QED) is 0.734. The minimum Gasteiger partial charge on any atom is -0.464 e. The largest absolute Gasteiger partial charge is 0.464 e. The number of rotatable bonds is 2. The molecule has 1 heterocycles. The molecule has 1 rings (SSSR count). The number of hydrogen-bond acceptors (Lipinski definition) is 4. The Bertz CT molecular complexity index is 405. The van der Waals surface area contributed by atoms with E-state index in [0.717, 1.165) is 6.42 Å². The fourth-order valence-corrected chi connectivity index (χ4v) is 2.93. The highest BCUT2D eigenvalue weighted by molar-refractivity contribution is 5.87. The predicted octanol–water partition coefficient (Wildman–Crippen LogP) is 3.37. The topological polar surface area (TPSA) is 55.8 Å². The summed E-state index contributed by atoms with van der Waals surface area (Å²) >= 11 is 0. The first kappa shape index (κ1) is 17.8. The van der Waals surface area contributed by atoms with E-state index in [1.54, 1.807) is 11.8 Å². The molecule has 0 radical (unpaired) electrons. The summed E-state index contributed by atoms with van der Waals surface area (Å²) in [5, 5.41) is 0. The van der Waals surface area contributed by atoms with E-state index in [0.29, 0.717) is 19.6 Å². The van der Waals surface area contributed by atoms with E-state index >= 15 is 0 Å². The van der Waals surface area contributed by atoms with E-state index in [9.17, 15) is 9.59 Å². The van der Waals surface area contributed by atoms with Crippen LogP contribution in [0.15, 0.2) is 0 Å². The van der Waals surface area contributed by atoms with Crippen LogP contribution < -0.4 is 0 Å². The molecule has 5 nitrogen and oxygen atoms in total. The molecule has 5 heteroatoms. The fourth-order valence-electron chi connectivity index (χ4n) is 2.93. The van der Waals surface area contributed by atoms with Crippen molar-refractivity contribution in [2.75, 3.05) is 13.2 Å². The zero-order valence-corrected chi connectivity index (χ0v) is 14.4. The Morgan fingerprint density at radius 1 is 1.14 bits per heavy atom. The van der Waals surface area contributed by atoms with Crippen LogP contribution in [-0.4, -0.2) is 41.3 Å². The number of esters is 1. The van der Waals surface area contributed by atoms with E-state index in [4.69, 9.17) is 9.47 Å². The number of nitrogens with zero attached hydrogens (tertiary/aromatic N) is 1. The molecule has 1 atom stereocenters. The van der Waals surface area contributed by atoms with Crippen LogP contribution in [0, 0.1) is 5.41 Å². The fraction of sp³-hybridized carbons (Fsp3) is 0.875. The molecule has 0 bridgehead atoms. The maximum absolute atomic E-state index is 12.6. The third-order valence-electron chi connectivity index (χ3n) is 3.85. The van der Waals surface area contributed by atoms with Gasteiger partial charge in [-0.25, -0.2) is 9.59 Å². The van der Waals surface area contributed by atoms with Crippen molar-refractivity contribution in [2.24, 2.45) is 5.41 Å². The number of ether oxygens (including phenoxy) is 2. The molecule has 0 aromatic heterocycles. The Morgan fingerprint density at radius 2 is 1.71 bits per heavy atom. The van der Waals surface area contributed by atoms with Crippen molar-refractivity contribution >= 4 is 12.1 Å². The number of carbonyl (C=O) groups is 2. The standard InChI is InChI=1S/C16H29NO4/c1-8-20-12(18)16(14(2,3)4)10-9-11-17(16)13(19)21-15(5,6)7/h8-11H2,1-7H3/t16-/m1/s1. The van der Waals surface area contributed by atoms with Crippen molar-refractivity contribution in [3.8, 4) is 0 Å². The van der Waals surface area contributed by atoms with E-state index in [1.807, 2.05) is 41.5 Å². The van der Waals surface area contributed by atoms with Crippen molar-refractivity contribution in [3.05, 3.63) is 0 Å². The van der Waals surface area contributed by atoms with Gasteiger partial charge in [-0.2, -0.15) is 0 Å². The van der Waals surface area contributed by atoms with Gasteiger partial charge in [0.2, 0.25) is 0 Å². The lowest BCUT2D eigenvalue weighted by Gasteiger charge is -2.45. The molecule has 1 aliphatic heterocycles. The van der Waals surface area contributed by atoms with E-state index in [2.05, 4.69) is 0 Å². The second-order valence-electron chi connectivity index (χ2n) is 7.57. The van der Waals surface area contributed by atoms with Crippen LogP contribution in [0.5, 0.6) is 0 Å². The zero-order chi connectivity index (χ0) is 16.5. The number of likely N-dealkylation sites (tertiary alicyclic amines) is 1. The minimum atomic E-state index is -0.953. The van der Waals surface area contributed by atoms with Gasteiger partial charge >= 0.3 is 12.1 Å². The van der Waals surface area contributed by atoms with Crippen LogP contribution in [0.25, 0.3) is 0 Å². The summed E-state index contributed by atoms with van der Waals surface area (Å²) in [5.74, 6) is -0.333. The Labute approximate surface area is 128 Å². The number of hydrogen-bond donors (Lipinski definition) is 0. The lowest BCUT2D eigenvalue weighted by Crippen LogP contribution is -2.62. The van der Waals surface area contributed by atoms with Gasteiger partial charge < -0.3 is 9.47 Å². The Hall–Kier alpha value is -1.26. The molecular formula is C16H29NO4. The first-order chi connectivity index (χ1) is 9.45. The van der Waals surface area contributed by atoms with Crippen LogP contribution in [0.1, 0.15) is 61.3 Å². The molecule has 1 fully saturated rings. The van der Waals surface area contributed by atoms with E-state index in [-0.39, 0.29) is 5.97 Å². The van der Waals surface area contributed by atoms with Gasteiger partial charge in [-0.3, -0.25) is 4.90 Å². The van der Waals surface area contributed by atoms with E-state index < -0.39 is 22.6 Å². The average Bonchev–Trinajstić information content (AvgIpc) is 2.71. The molecule has 0 N–H and O–H groups in total. The third-order valence-corrected chi connectivity index (χ3v) is 3.85. The Morgan fingerprint density at radius 3 is 2.14 bits per heavy atom. The van der Waals surface area contributed by atoms with Gasteiger partial charge in [0.15, 0.2) is 0 Å². The molecule has 0 saturated carbocycles. The van der Waals surface area contributed by atoms with Crippen molar-refractivity contribution in [3.63, 3.8) is 0 Å². The summed E-state index contributed by atoms with van der Waals surface area (Å²) in [7, 11) is 0. The smallest absolute Gasteiger partial charge is 0.411 e. The molecule has 0 aromatic rings. The lowest BCUT2D eigenvalue weighted by molar-refractivity contribution is -0.163. The minimum absolute atomic E-state index is 0.304. The number of amides is 1. The summed E-state index contributed by atoms with van der Waals surface area (Å²) < 4.78 is 10.8. The first-order valence-electron chi connectivity index (χ1n) is 7.63.